The number of benzene rings is 1. The molecule has 3 N–H and O–H groups in total. The molecule has 0 bridgehead atoms. The van der Waals surface area contributed by atoms with Gasteiger partial charge in [-0.05, 0) is 30.7 Å². The quantitative estimate of drug-likeness (QED) is 0.556. The van der Waals surface area contributed by atoms with Gasteiger partial charge in [0.25, 0.3) is 0 Å². The SMILES string of the molecule is CCCCOCCNS(=O)(=O)c1ccc(C#CCN)cc1. The van der Waals surface area contributed by atoms with Crippen LogP contribution in [0.2, 0.25) is 0 Å². The molecular formula is C15H22N2O3S. The summed E-state index contributed by atoms with van der Waals surface area (Å²) in [5, 5.41) is 0. The van der Waals surface area contributed by atoms with Crippen LogP contribution in [0.1, 0.15) is 25.3 Å². The molecule has 0 spiro atoms. The summed E-state index contributed by atoms with van der Waals surface area (Å²) in [5.41, 5.74) is 6.02. The summed E-state index contributed by atoms with van der Waals surface area (Å²) in [6.07, 6.45) is 2.04. The van der Waals surface area contributed by atoms with Gasteiger partial charge < -0.3 is 10.5 Å². The van der Waals surface area contributed by atoms with Crippen LogP contribution in [0.3, 0.4) is 0 Å². The lowest BCUT2D eigenvalue weighted by Crippen LogP contribution is -2.27. The second-order valence-corrected chi connectivity index (χ2v) is 6.16. The van der Waals surface area contributed by atoms with Crippen molar-refractivity contribution in [2.45, 2.75) is 24.7 Å². The van der Waals surface area contributed by atoms with Gasteiger partial charge in [-0.25, -0.2) is 13.1 Å². The van der Waals surface area contributed by atoms with E-state index < -0.39 is 10.0 Å². The Morgan fingerprint density at radius 3 is 2.57 bits per heavy atom. The van der Waals surface area contributed by atoms with Crippen molar-refractivity contribution in [3.8, 4) is 11.8 Å². The zero-order chi connectivity index (χ0) is 15.6. The predicted octanol–water partition coefficient (Wildman–Crippen LogP) is 1.09. The fourth-order valence-corrected chi connectivity index (χ4v) is 2.56. The molecule has 0 heterocycles. The first-order valence-corrected chi connectivity index (χ1v) is 8.45. The molecule has 116 valence electrons. The molecule has 0 fully saturated rings. The molecule has 0 saturated carbocycles. The van der Waals surface area contributed by atoms with Crippen LogP contribution in [0.5, 0.6) is 0 Å². The van der Waals surface area contributed by atoms with Crippen molar-refractivity contribution >= 4 is 10.0 Å². The van der Waals surface area contributed by atoms with Crippen LogP contribution in [0.4, 0.5) is 0 Å². The third-order valence-electron chi connectivity index (χ3n) is 2.68. The van der Waals surface area contributed by atoms with E-state index in [4.69, 9.17) is 10.5 Å². The van der Waals surface area contributed by atoms with E-state index in [1.165, 1.54) is 12.1 Å². The smallest absolute Gasteiger partial charge is 0.240 e. The van der Waals surface area contributed by atoms with Gasteiger partial charge in [0.2, 0.25) is 10.0 Å². The minimum absolute atomic E-state index is 0.217. The first-order chi connectivity index (χ1) is 10.1. The number of hydrogen-bond acceptors (Lipinski definition) is 4. The standard InChI is InChI=1S/C15H22N2O3S/c1-2-3-12-20-13-11-17-21(18,19)15-8-6-14(7-9-15)5-4-10-16/h6-9,17H,2-3,10-13,16H2,1H3. The van der Waals surface area contributed by atoms with Crippen LogP contribution in [0.15, 0.2) is 29.2 Å². The van der Waals surface area contributed by atoms with E-state index in [2.05, 4.69) is 23.5 Å². The number of sulfonamides is 1. The highest BCUT2D eigenvalue weighted by atomic mass is 32.2. The van der Waals surface area contributed by atoms with E-state index >= 15 is 0 Å². The van der Waals surface area contributed by atoms with E-state index in [9.17, 15) is 8.42 Å². The average Bonchev–Trinajstić information content (AvgIpc) is 2.49. The van der Waals surface area contributed by atoms with E-state index in [1.54, 1.807) is 12.1 Å². The van der Waals surface area contributed by atoms with Gasteiger partial charge in [-0.15, -0.1) is 0 Å². The molecule has 0 amide bonds. The van der Waals surface area contributed by atoms with Gasteiger partial charge in [0.1, 0.15) is 0 Å². The number of rotatable bonds is 8. The van der Waals surface area contributed by atoms with E-state index in [0.717, 1.165) is 18.4 Å². The second kappa shape index (κ2) is 9.53. The molecule has 5 nitrogen and oxygen atoms in total. The third-order valence-corrected chi connectivity index (χ3v) is 4.16. The molecule has 0 aromatic heterocycles. The monoisotopic (exact) mass is 310 g/mol. The van der Waals surface area contributed by atoms with Gasteiger partial charge in [-0.1, -0.05) is 25.2 Å². The van der Waals surface area contributed by atoms with Crippen LogP contribution >= 0.6 is 0 Å². The third kappa shape index (κ3) is 6.74. The Morgan fingerprint density at radius 1 is 1.24 bits per heavy atom. The zero-order valence-corrected chi connectivity index (χ0v) is 13.1. The first-order valence-electron chi connectivity index (χ1n) is 6.96. The highest BCUT2D eigenvalue weighted by Crippen LogP contribution is 2.09. The summed E-state index contributed by atoms with van der Waals surface area (Å²) >= 11 is 0. The van der Waals surface area contributed by atoms with Crippen molar-refractivity contribution in [1.29, 1.82) is 0 Å². The number of ether oxygens (including phenoxy) is 1. The second-order valence-electron chi connectivity index (χ2n) is 4.39. The first kappa shape index (κ1) is 17.7. The van der Waals surface area contributed by atoms with Gasteiger partial charge in [-0.2, -0.15) is 0 Å². The maximum atomic E-state index is 12.0. The highest BCUT2D eigenvalue weighted by Gasteiger charge is 2.12. The van der Waals surface area contributed by atoms with Gasteiger partial charge in [0.15, 0.2) is 0 Å². The largest absolute Gasteiger partial charge is 0.380 e. The van der Waals surface area contributed by atoms with Gasteiger partial charge in [-0.3, -0.25) is 0 Å². The molecule has 0 saturated heterocycles. The molecule has 0 unspecified atom stereocenters. The van der Waals surface area contributed by atoms with Crippen LogP contribution in [0, 0.1) is 11.8 Å². The molecule has 0 aliphatic rings. The lowest BCUT2D eigenvalue weighted by molar-refractivity contribution is 0.136. The minimum Gasteiger partial charge on any atom is -0.380 e. The molecule has 1 aromatic rings. The Morgan fingerprint density at radius 2 is 1.95 bits per heavy atom. The Balaban J connectivity index is 2.50. The topological polar surface area (TPSA) is 81.4 Å². The molecule has 1 rings (SSSR count). The van der Waals surface area contributed by atoms with Crippen LogP contribution in [-0.2, 0) is 14.8 Å². The van der Waals surface area contributed by atoms with E-state index in [0.29, 0.717) is 13.2 Å². The van der Waals surface area contributed by atoms with Gasteiger partial charge in [0, 0.05) is 18.7 Å². The molecule has 0 aliphatic carbocycles. The van der Waals surface area contributed by atoms with E-state index in [-0.39, 0.29) is 18.0 Å². The van der Waals surface area contributed by atoms with Crippen LogP contribution in [0.25, 0.3) is 0 Å². The number of unbranched alkanes of at least 4 members (excludes halogenated alkanes) is 1. The summed E-state index contributed by atoms with van der Waals surface area (Å²) in [5.74, 6) is 5.56. The molecule has 0 aliphatic heterocycles. The maximum Gasteiger partial charge on any atom is 0.240 e. The summed E-state index contributed by atoms with van der Waals surface area (Å²) in [6.45, 7) is 3.65. The zero-order valence-electron chi connectivity index (χ0n) is 12.3. The van der Waals surface area contributed by atoms with Crippen molar-refractivity contribution in [2.24, 2.45) is 5.73 Å². The van der Waals surface area contributed by atoms with Crippen LogP contribution < -0.4 is 10.5 Å². The molecular weight excluding hydrogens is 288 g/mol. The molecule has 21 heavy (non-hydrogen) atoms. The predicted molar refractivity (Wildman–Crippen MR) is 83.3 cm³/mol. The van der Waals surface area contributed by atoms with Crippen molar-refractivity contribution in [3.05, 3.63) is 29.8 Å². The molecule has 6 heteroatoms. The minimum atomic E-state index is -3.49. The Hall–Kier alpha value is -1.39. The van der Waals surface area contributed by atoms with Gasteiger partial charge >= 0.3 is 0 Å². The normalized spacial score (nSPS) is 11.0. The van der Waals surface area contributed by atoms with Crippen molar-refractivity contribution in [2.75, 3.05) is 26.3 Å². The molecule has 0 atom stereocenters. The summed E-state index contributed by atoms with van der Waals surface area (Å²) in [6, 6.07) is 6.38. The Kier molecular flexibility index (Phi) is 8.01. The molecule has 1 aromatic carbocycles. The van der Waals surface area contributed by atoms with Gasteiger partial charge in [0.05, 0.1) is 18.0 Å². The number of nitrogens with two attached hydrogens (primary N) is 1. The number of nitrogens with one attached hydrogen (secondary N) is 1. The summed E-state index contributed by atoms with van der Waals surface area (Å²) in [7, 11) is -3.49. The average molecular weight is 310 g/mol. The van der Waals surface area contributed by atoms with Crippen molar-refractivity contribution in [1.82, 2.24) is 4.72 Å². The lowest BCUT2D eigenvalue weighted by Gasteiger charge is -2.07. The van der Waals surface area contributed by atoms with Crippen molar-refractivity contribution in [3.63, 3.8) is 0 Å². The van der Waals surface area contributed by atoms with Crippen LogP contribution in [-0.4, -0.2) is 34.7 Å². The van der Waals surface area contributed by atoms with Crippen molar-refractivity contribution < 1.29 is 13.2 Å². The fourth-order valence-electron chi connectivity index (χ4n) is 1.55. The Labute approximate surface area is 126 Å². The maximum absolute atomic E-state index is 12.0. The number of hydrogen-bond donors (Lipinski definition) is 2. The Bertz CT molecular complexity index is 571. The summed E-state index contributed by atoms with van der Waals surface area (Å²) in [4.78, 5) is 0.217. The summed E-state index contributed by atoms with van der Waals surface area (Å²) < 4.78 is 31.9. The fraction of sp³-hybridized carbons (Fsp3) is 0.467. The van der Waals surface area contributed by atoms with E-state index in [1.807, 2.05) is 0 Å². The molecule has 0 radical (unpaired) electrons. The highest BCUT2D eigenvalue weighted by molar-refractivity contribution is 7.89. The lowest BCUT2D eigenvalue weighted by atomic mass is 10.2.